The van der Waals surface area contributed by atoms with E-state index in [9.17, 15) is 14.4 Å². The summed E-state index contributed by atoms with van der Waals surface area (Å²) in [5, 5.41) is 3.28. The topological polar surface area (TPSA) is 150 Å². The SMILES string of the molecule is COc1cc(N2CCC(N)C2=O)ccc1-n1cnc(C)c1.COc1cc(N2CCC(NC(=O)c3cccc(Cl)c3)C2=O)ccc1-n1cnc(C)c1. The van der Waals surface area contributed by atoms with Crippen LogP contribution in [0.4, 0.5) is 11.4 Å². The first-order chi connectivity index (χ1) is 24.6. The highest BCUT2D eigenvalue weighted by molar-refractivity contribution is 6.31. The molecule has 7 rings (SSSR count). The summed E-state index contributed by atoms with van der Waals surface area (Å²) in [6, 6.07) is 16.9. The summed E-state index contributed by atoms with van der Waals surface area (Å²) in [6.07, 6.45) is 8.49. The minimum Gasteiger partial charge on any atom is -0.494 e. The normalized spacial score (nSPS) is 17.0. The minimum atomic E-state index is -0.585. The van der Waals surface area contributed by atoms with Crippen molar-refractivity contribution in [1.29, 1.82) is 0 Å². The van der Waals surface area contributed by atoms with Gasteiger partial charge < -0.3 is 39.5 Å². The number of hydrogen-bond acceptors (Lipinski definition) is 8. The van der Waals surface area contributed by atoms with Crippen LogP contribution < -0.4 is 30.3 Å². The van der Waals surface area contributed by atoms with Crippen molar-refractivity contribution in [1.82, 2.24) is 24.4 Å². The summed E-state index contributed by atoms with van der Waals surface area (Å²) in [5.41, 5.74) is 11.3. The number of benzene rings is 3. The van der Waals surface area contributed by atoms with Crippen molar-refractivity contribution in [2.24, 2.45) is 5.73 Å². The van der Waals surface area contributed by atoms with Gasteiger partial charge in [-0.05, 0) is 69.2 Å². The number of carbonyl (C=O) groups is 3. The lowest BCUT2D eigenvalue weighted by Gasteiger charge is -2.19. The van der Waals surface area contributed by atoms with Gasteiger partial charge in [0.15, 0.2) is 0 Å². The second kappa shape index (κ2) is 15.1. The summed E-state index contributed by atoms with van der Waals surface area (Å²) in [5.74, 6) is 0.810. The average molecular weight is 711 g/mol. The summed E-state index contributed by atoms with van der Waals surface area (Å²) in [7, 11) is 3.20. The molecule has 2 aromatic heterocycles. The van der Waals surface area contributed by atoms with Gasteiger partial charge in [0.05, 0.1) is 55.7 Å². The Morgan fingerprint density at radius 2 is 1.35 bits per heavy atom. The number of imidazole rings is 2. The fourth-order valence-corrected chi connectivity index (χ4v) is 6.29. The molecule has 51 heavy (non-hydrogen) atoms. The van der Waals surface area contributed by atoms with E-state index < -0.39 is 12.1 Å². The summed E-state index contributed by atoms with van der Waals surface area (Å²) < 4.78 is 14.8. The molecular weight excluding hydrogens is 672 g/mol. The number of nitrogens with one attached hydrogen (secondary N) is 1. The zero-order chi connectivity index (χ0) is 36.2. The summed E-state index contributed by atoms with van der Waals surface area (Å²) in [6.45, 7) is 5.00. The smallest absolute Gasteiger partial charge is 0.251 e. The molecule has 2 saturated heterocycles. The Morgan fingerprint density at radius 1 is 0.804 bits per heavy atom. The lowest BCUT2D eigenvalue weighted by atomic mass is 10.2. The van der Waals surface area contributed by atoms with Gasteiger partial charge in [-0.1, -0.05) is 17.7 Å². The van der Waals surface area contributed by atoms with Crippen LogP contribution in [0.25, 0.3) is 11.4 Å². The molecule has 2 fully saturated rings. The number of nitrogens with two attached hydrogens (primary N) is 1. The molecular formula is C37H39ClN8O5. The Labute approximate surface area is 300 Å². The molecule has 5 aromatic rings. The largest absolute Gasteiger partial charge is 0.494 e. The highest BCUT2D eigenvalue weighted by Gasteiger charge is 2.34. The third-order valence-corrected chi connectivity index (χ3v) is 9.01. The van der Waals surface area contributed by atoms with Gasteiger partial charge >= 0.3 is 0 Å². The van der Waals surface area contributed by atoms with Crippen LogP contribution in [0.2, 0.25) is 5.02 Å². The van der Waals surface area contributed by atoms with Gasteiger partial charge in [-0.15, -0.1) is 0 Å². The Balaban J connectivity index is 0.000000187. The molecule has 2 unspecified atom stereocenters. The van der Waals surface area contributed by atoms with Crippen LogP contribution >= 0.6 is 11.6 Å². The zero-order valence-electron chi connectivity index (χ0n) is 28.7. The van der Waals surface area contributed by atoms with Crippen molar-refractivity contribution in [3.8, 4) is 22.9 Å². The minimum absolute atomic E-state index is 0.0386. The number of anilines is 2. The summed E-state index contributed by atoms with van der Waals surface area (Å²) >= 11 is 5.95. The number of methoxy groups -OCH3 is 2. The van der Waals surface area contributed by atoms with E-state index in [0.29, 0.717) is 48.0 Å². The fraction of sp³-hybridized carbons (Fsp3) is 0.270. The number of ether oxygens (including phenoxy) is 2. The molecule has 3 aromatic carbocycles. The van der Waals surface area contributed by atoms with E-state index in [1.165, 1.54) is 0 Å². The van der Waals surface area contributed by atoms with Crippen LogP contribution in [0, 0.1) is 13.8 Å². The Kier molecular flexibility index (Phi) is 10.4. The maximum absolute atomic E-state index is 12.9. The number of carbonyl (C=O) groups excluding carboxylic acids is 3. The summed E-state index contributed by atoms with van der Waals surface area (Å²) in [4.78, 5) is 49.2. The molecule has 2 aliphatic rings. The molecule has 0 saturated carbocycles. The number of hydrogen-bond donors (Lipinski definition) is 2. The van der Waals surface area contributed by atoms with E-state index >= 15 is 0 Å². The van der Waals surface area contributed by atoms with Crippen LogP contribution in [0.1, 0.15) is 34.6 Å². The van der Waals surface area contributed by atoms with Gasteiger partial charge in [-0.25, -0.2) is 9.97 Å². The second-order valence-corrected chi connectivity index (χ2v) is 12.7. The number of halogens is 1. The Hall–Kier alpha value is -5.66. The monoisotopic (exact) mass is 710 g/mol. The average Bonchev–Trinajstić information content (AvgIpc) is 3.93. The van der Waals surface area contributed by atoms with E-state index in [0.717, 1.165) is 34.1 Å². The number of nitrogens with zero attached hydrogens (tertiary/aromatic N) is 6. The first kappa shape index (κ1) is 35.2. The van der Waals surface area contributed by atoms with Crippen LogP contribution in [-0.2, 0) is 9.59 Å². The number of amides is 3. The van der Waals surface area contributed by atoms with E-state index in [-0.39, 0.29) is 17.7 Å². The highest BCUT2D eigenvalue weighted by Crippen LogP contribution is 2.32. The molecule has 0 radical (unpaired) electrons. The quantitative estimate of drug-likeness (QED) is 0.237. The maximum atomic E-state index is 12.9. The second-order valence-electron chi connectivity index (χ2n) is 12.3. The molecule has 4 heterocycles. The Morgan fingerprint density at radius 3 is 1.82 bits per heavy atom. The molecule has 14 heteroatoms. The van der Waals surface area contributed by atoms with Crippen LogP contribution in [0.5, 0.6) is 11.5 Å². The van der Waals surface area contributed by atoms with E-state index in [2.05, 4.69) is 15.3 Å². The Bertz CT molecular complexity index is 2080. The number of aryl methyl sites for hydroxylation is 2. The lowest BCUT2D eigenvalue weighted by Crippen LogP contribution is -2.41. The van der Waals surface area contributed by atoms with Gasteiger partial charge in [-0.3, -0.25) is 14.4 Å². The molecule has 0 aliphatic carbocycles. The lowest BCUT2D eigenvalue weighted by molar-refractivity contribution is -0.119. The van der Waals surface area contributed by atoms with Gasteiger partial charge in [0.1, 0.15) is 17.5 Å². The van der Waals surface area contributed by atoms with Crippen molar-refractivity contribution in [3.05, 3.63) is 108 Å². The van der Waals surface area contributed by atoms with Gasteiger partial charge in [-0.2, -0.15) is 0 Å². The number of rotatable bonds is 8. The van der Waals surface area contributed by atoms with Crippen LogP contribution in [-0.4, -0.2) is 76.2 Å². The van der Waals surface area contributed by atoms with Crippen molar-refractivity contribution in [2.75, 3.05) is 37.1 Å². The van der Waals surface area contributed by atoms with E-state index in [1.54, 1.807) is 60.9 Å². The van der Waals surface area contributed by atoms with Crippen molar-refractivity contribution in [2.45, 2.75) is 38.8 Å². The van der Waals surface area contributed by atoms with Gasteiger partial charge in [0.2, 0.25) is 11.8 Å². The maximum Gasteiger partial charge on any atom is 0.251 e. The van der Waals surface area contributed by atoms with Gasteiger partial charge in [0, 0.05) is 59.6 Å². The molecule has 2 aliphatic heterocycles. The zero-order valence-corrected chi connectivity index (χ0v) is 29.5. The highest BCUT2D eigenvalue weighted by atomic mass is 35.5. The van der Waals surface area contributed by atoms with E-state index in [1.807, 2.05) is 71.8 Å². The molecule has 0 spiro atoms. The van der Waals surface area contributed by atoms with Crippen molar-refractivity contribution in [3.63, 3.8) is 0 Å². The molecule has 2 atom stereocenters. The molecule has 13 nitrogen and oxygen atoms in total. The molecule has 0 bridgehead atoms. The van der Waals surface area contributed by atoms with Crippen LogP contribution in [0.15, 0.2) is 85.7 Å². The fourth-order valence-electron chi connectivity index (χ4n) is 6.10. The molecule has 3 N–H and O–H groups in total. The van der Waals surface area contributed by atoms with Crippen molar-refractivity contribution < 1.29 is 23.9 Å². The van der Waals surface area contributed by atoms with Crippen molar-refractivity contribution >= 4 is 40.7 Å². The molecule has 264 valence electrons. The van der Waals surface area contributed by atoms with Crippen LogP contribution in [0.3, 0.4) is 0 Å². The standard InChI is InChI=1S/C22H21ClN4O3.C15H18N4O2/c1-14-12-26(13-24-14)19-7-6-17(11-20(19)30-2)27-9-8-18(22(27)29)25-21(28)15-4-3-5-16(23)10-15;1-10-8-18(9-17-10)13-4-3-11(7-14(13)21-2)19-6-5-12(16)15(19)20/h3-7,10-13,18H,8-9H2,1-2H3,(H,25,28);3-4,7-9,12H,5-6,16H2,1-2H3. The van der Waals surface area contributed by atoms with Gasteiger partial charge in [0.25, 0.3) is 5.91 Å². The third kappa shape index (κ3) is 7.59. The number of aromatic nitrogens is 4. The third-order valence-electron chi connectivity index (χ3n) is 8.77. The first-order valence-electron chi connectivity index (χ1n) is 16.4. The van der Waals surface area contributed by atoms with E-state index in [4.69, 9.17) is 26.8 Å². The molecule has 3 amide bonds. The first-order valence-corrected chi connectivity index (χ1v) is 16.8. The predicted octanol–water partition coefficient (Wildman–Crippen LogP) is 4.63. The predicted molar refractivity (Wildman–Crippen MR) is 194 cm³/mol.